The second-order valence-corrected chi connectivity index (χ2v) is 8.14. The fourth-order valence-corrected chi connectivity index (χ4v) is 3.96. The number of piperidine rings is 1. The van der Waals surface area contributed by atoms with Crippen molar-refractivity contribution in [2.75, 3.05) is 0 Å². The number of fused-ring (bicyclic) bond motifs is 2. The molecule has 1 aromatic carbocycles. The Labute approximate surface area is 154 Å². The van der Waals surface area contributed by atoms with Crippen LogP contribution < -0.4 is 0 Å². The SMILES string of the molecule is CC(C)(C)OC(=O)N1C2CCC1C(C(O)/C=C/c1ccccc1)C(=O)C2. The van der Waals surface area contributed by atoms with Gasteiger partial charge < -0.3 is 14.7 Å². The summed E-state index contributed by atoms with van der Waals surface area (Å²) >= 11 is 0. The molecule has 2 aliphatic heterocycles. The van der Waals surface area contributed by atoms with Crippen LogP contribution in [-0.4, -0.2) is 45.7 Å². The van der Waals surface area contributed by atoms with Crippen LogP contribution in [0.15, 0.2) is 36.4 Å². The van der Waals surface area contributed by atoms with Gasteiger partial charge in [0.05, 0.1) is 12.0 Å². The van der Waals surface area contributed by atoms with E-state index in [-0.39, 0.29) is 30.4 Å². The molecule has 4 unspecified atom stereocenters. The second kappa shape index (κ2) is 7.23. The van der Waals surface area contributed by atoms with Gasteiger partial charge in [-0.15, -0.1) is 0 Å². The van der Waals surface area contributed by atoms with E-state index in [1.165, 1.54) is 0 Å². The molecule has 0 aromatic heterocycles. The predicted octanol–water partition coefficient (Wildman–Crippen LogP) is 3.42. The first-order valence-electron chi connectivity index (χ1n) is 9.21. The van der Waals surface area contributed by atoms with E-state index in [0.717, 1.165) is 18.4 Å². The van der Waals surface area contributed by atoms with Gasteiger partial charge in [-0.2, -0.15) is 0 Å². The minimum Gasteiger partial charge on any atom is -0.444 e. The smallest absolute Gasteiger partial charge is 0.410 e. The van der Waals surface area contributed by atoms with Gasteiger partial charge in [0.15, 0.2) is 0 Å². The Morgan fingerprint density at radius 3 is 2.62 bits per heavy atom. The van der Waals surface area contributed by atoms with Crippen LogP contribution in [0, 0.1) is 5.92 Å². The van der Waals surface area contributed by atoms with Gasteiger partial charge in [-0.05, 0) is 39.2 Å². The molecule has 1 N–H and O–H groups in total. The molecule has 2 heterocycles. The van der Waals surface area contributed by atoms with Crippen LogP contribution in [-0.2, 0) is 9.53 Å². The maximum Gasteiger partial charge on any atom is 0.410 e. The van der Waals surface area contributed by atoms with Crippen LogP contribution in [0.3, 0.4) is 0 Å². The maximum absolute atomic E-state index is 12.6. The first-order chi connectivity index (χ1) is 12.3. The van der Waals surface area contributed by atoms with Crippen LogP contribution in [0.25, 0.3) is 6.08 Å². The van der Waals surface area contributed by atoms with E-state index in [2.05, 4.69) is 0 Å². The minimum absolute atomic E-state index is 0.0301. The van der Waals surface area contributed by atoms with Crippen molar-refractivity contribution in [3.8, 4) is 0 Å². The van der Waals surface area contributed by atoms with Crippen LogP contribution in [0.5, 0.6) is 0 Å². The molecule has 0 radical (unpaired) electrons. The third-order valence-corrected chi connectivity index (χ3v) is 5.03. The fourth-order valence-electron chi connectivity index (χ4n) is 3.96. The fraction of sp³-hybridized carbons (Fsp3) is 0.524. The zero-order valence-electron chi connectivity index (χ0n) is 15.6. The molecular formula is C21H27NO4. The summed E-state index contributed by atoms with van der Waals surface area (Å²) in [5.74, 6) is -0.566. The van der Waals surface area contributed by atoms with Gasteiger partial charge in [0, 0.05) is 18.5 Å². The number of rotatable bonds is 3. The Hall–Kier alpha value is -2.14. The number of benzene rings is 1. The number of hydrogen-bond donors (Lipinski definition) is 1. The molecule has 0 aliphatic carbocycles. The van der Waals surface area contributed by atoms with Crippen molar-refractivity contribution in [3.05, 3.63) is 42.0 Å². The first-order valence-corrected chi connectivity index (χ1v) is 9.21. The molecule has 2 bridgehead atoms. The van der Waals surface area contributed by atoms with E-state index in [9.17, 15) is 14.7 Å². The highest BCUT2D eigenvalue weighted by molar-refractivity contribution is 5.87. The summed E-state index contributed by atoms with van der Waals surface area (Å²) in [4.78, 5) is 26.9. The Morgan fingerprint density at radius 1 is 1.27 bits per heavy atom. The molecule has 1 aromatic rings. The molecule has 2 aliphatic rings. The Balaban J connectivity index is 1.77. The number of hydrogen-bond acceptors (Lipinski definition) is 4. The lowest BCUT2D eigenvalue weighted by atomic mass is 9.84. The topological polar surface area (TPSA) is 66.8 Å². The molecule has 1 amide bonds. The number of carbonyl (C=O) groups excluding carboxylic acids is 2. The lowest BCUT2D eigenvalue weighted by Crippen LogP contribution is -2.55. The van der Waals surface area contributed by atoms with Crippen LogP contribution in [0.2, 0.25) is 0 Å². The maximum atomic E-state index is 12.6. The molecule has 3 rings (SSSR count). The van der Waals surface area contributed by atoms with E-state index < -0.39 is 17.6 Å². The monoisotopic (exact) mass is 357 g/mol. The quantitative estimate of drug-likeness (QED) is 0.900. The highest BCUT2D eigenvalue weighted by Crippen LogP contribution is 2.40. The summed E-state index contributed by atoms with van der Waals surface area (Å²) in [7, 11) is 0. The molecule has 5 heteroatoms. The standard InChI is InChI=1S/C21H27NO4/c1-21(2,3)26-20(25)22-15-10-11-16(22)19(18(24)13-15)17(23)12-9-14-7-5-4-6-8-14/h4-9,12,15-17,19,23H,10-11,13H2,1-3H3/b12-9+. The first kappa shape index (κ1) is 18.6. The van der Waals surface area contributed by atoms with Crippen LogP contribution >= 0.6 is 0 Å². The summed E-state index contributed by atoms with van der Waals surface area (Å²) in [6, 6.07) is 9.23. The number of ketones is 1. The molecule has 5 nitrogen and oxygen atoms in total. The summed E-state index contributed by atoms with van der Waals surface area (Å²) in [6.45, 7) is 5.49. The largest absolute Gasteiger partial charge is 0.444 e. The third-order valence-electron chi connectivity index (χ3n) is 5.03. The minimum atomic E-state index is -0.920. The summed E-state index contributed by atoms with van der Waals surface area (Å²) in [5.41, 5.74) is 0.377. The summed E-state index contributed by atoms with van der Waals surface area (Å²) in [5, 5.41) is 10.7. The van der Waals surface area contributed by atoms with Gasteiger partial charge in [-0.25, -0.2) is 4.79 Å². The lowest BCUT2D eigenvalue weighted by molar-refractivity contribution is -0.132. The van der Waals surface area contributed by atoms with E-state index in [4.69, 9.17) is 4.74 Å². The van der Waals surface area contributed by atoms with E-state index in [0.29, 0.717) is 0 Å². The number of nitrogens with zero attached hydrogens (tertiary/aromatic N) is 1. The van der Waals surface area contributed by atoms with Crippen molar-refractivity contribution in [3.63, 3.8) is 0 Å². The number of carbonyl (C=O) groups is 2. The molecule has 140 valence electrons. The van der Waals surface area contributed by atoms with Crippen molar-refractivity contribution in [1.29, 1.82) is 0 Å². The van der Waals surface area contributed by atoms with E-state index in [1.807, 2.05) is 57.2 Å². The Bertz CT molecular complexity index is 692. The highest BCUT2D eigenvalue weighted by atomic mass is 16.6. The molecule has 2 saturated heterocycles. The average Bonchev–Trinajstić information content (AvgIpc) is 2.88. The van der Waals surface area contributed by atoms with Crippen molar-refractivity contribution < 1.29 is 19.4 Å². The van der Waals surface area contributed by atoms with Crippen LogP contribution in [0.4, 0.5) is 4.79 Å². The number of ether oxygens (including phenoxy) is 1. The van der Waals surface area contributed by atoms with Crippen molar-refractivity contribution >= 4 is 18.0 Å². The molecule has 26 heavy (non-hydrogen) atoms. The van der Waals surface area contributed by atoms with Gasteiger partial charge in [0.25, 0.3) is 0 Å². The van der Waals surface area contributed by atoms with Crippen molar-refractivity contribution in [1.82, 2.24) is 4.90 Å². The van der Waals surface area contributed by atoms with E-state index >= 15 is 0 Å². The van der Waals surface area contributed by atoms with Gasteiger partial charge >= 0.3 is 6.09 Å². The van der Waals surface area contributed by atoms with E-state index in [1.54, 1.807) is 11.0 Å². The third kappa shape index (κ3) is 3.98. The van der Waals surface area contributed by atoms with Gasteiger partial charge in [-0.1, -0.05) is 42.5 Å². The van der Waals surface area contributed by atoms with Crippen molar-refractivity contribution in [2.24, 2.45) is 5.92 Å². The zero-order valence-corrected chi connectivity index (χ0v) is 15.6. The molecule has 0 spiro atoms. The summed E-state index contributed by atoms with van der Waals surface area (Å²) < 4.78 is 5.53. The number of amides is 1. The van der Waals surface area contributed by atoms with Gasteiger partial charge in [0.2, 0.25) is 0 Å². The van der Waals surface area contributed by atoms with Gasteiger partial charge in [0.1, 0.15) is 11.4 Å². The Kier molecular flexibility index (Phi) is 5.19. The average molecular weight is 357 g/mol. The second-order valence-electron chi connectivity index (χ2n) is 8.14. The summed E-state index contributed by atoms with van der Waals surface area (Å²) in [6.07, 6.45) is 3.95. The number of Topliss-reactive ketones (excluding diaryl/α,β-unsaturated/α-hetero) is 1. The number of aliphatic hydroxyl groups is 1. The zero-order chi connectivity index (χ0) is 18.9. The molecular weight excluding hydrogens is 330 g/mol. The molecule has 0 saturated carbocycles. The number of aliphatic hydroxyl groups excluding tert-OH is 1. The van der Waals surface area contributed by atoms with Gasteiger partial charge in [-0.3, -0.25) is 4.79 Å². The molecule has 2 fully saturated rings. The van der Waals surface area contributed by atoms with Crippen molar-refractivity contribution in [2.45, 2.75) is 63.8 Å². The lowest BCUT2D eigenvalue weighted by Gasteiger charge is -2.40. The van der Waals surface area contributed by atoms with Crippen LogP contribution in [0.1, 0.15) is 45.6 Å². The Morgan fingerprint density at radius 2 is 1.96 bits per heavy atom. The normalized spacial score (nSPS) is 27.0. The highest BCUT2D eigenvalue weighted by Gasteiger charge is 2.51. The molecule has 4 atom stereocenters. The predicted molar refractivity (Wildman–Crippen MR) is 99.5 cm³/mol.